The van der Waals surface area contributed by atoms with Gasteiger partial charge in [0.15, 0.2) is 0 Å². The number of fused-ring (bicyclic) bond motifs is 3. The summed E-state index contributed by atoms with van der Waals surface area (Å²) in [5.41, 5.74) is 2.72. The van der Waals surface area contributed by atoms with Crippen molar-refractivity contribution in [3.05, 3.63) is 33.9 Å². The van der Waals surface area contributed by atoms with Gasteiger partial charge in [0.25, 0.3) is 0 Å². The second-order valence-electron chi connectivity index (χ2n) is 6.38. The van der Waals surface area contributed by atoms with Crippen molar-refractivity contribution in [3.63, 3.8) is 0 Å². The highest BCUT2D eigenvalue weighted by Gasteiger charge is 2.33. The predicted molar refractivity (Wildman–Crippen MR) is 86.3 cm³/mol. The molecule has 2 aromatic rings. The Bertz CT molecular complexity index is 700. The number of H-pyrrole nitrogens is 1. The third-order valence-electron chi connectivity index (χ3n) is 3.54. The first-order chi connectivity index (χ1) is 9.85. The molecule has 0 amide bonds. The van der Waals surface area contributed by atoms with E-state index < -0.39 is 11.6 Å². The lowest BCUT2D eigenvalue weighted by molar-refractivity contribution is -0.157. The number of hydrogen-bond donors (Lipinski definition) is 2. The standard InChI is InChI=1S/C16H19BrN2O2/c1-16(2,3)21-15(20)14-13-10-8-9(17)4-5-11(10)19-12(13)6-7-18-14/h4-5,8,14,18-19H,6-7H2,1-3H3. The normalized spacial score (nSPS) is 18.6. The van der Waals surface area contributed by atoms with Crippen molar-refractivity contribution < 1.29 is 9.53 Å². The molecule has 1 aromatic heterocycles. The highest BCUT2D eigenvalue weighted by atomic mass is 79.9. The van der Waals surface area contributed by atoms with Gasteiger partial charge in [-0.05, 0) is 39.0 Å². The summed E-state index contributed by atoms with van der Waals surface area (Å²) in [4.78, 5) is 15.9. The van der Waals surface area contributed by atoms with Crippen LogP contribution in [0.2, 0.25) is 0 Å². The predicted octanol–water partition coefficient (Wildman–Crippen LogP) is 3.46. The van der Waals surface area contributed by atoms with Gasteiger partial charge in [0.05, 0.1) is 0 Å². The molecule has 0 saturated carbocycles. The molecule has 112 valence electrons. The zero-order valence-electron chi connectivity index (χ0n) is 12.4. The van der Waals surface area contributed by atoms with Crippen molar-refractivity contribution in [1.29, 1.82) is 0 Å². The van der Waals surface area contributed by atoms with Crippen LogP contribution < -0.4 is 5.32 Å². The molecule has 0 radical (unpaired) electrons. The van der Waals surface area contributed by atoms with E-state index in [2.05, 4.69) is 32.3 Å². The third-order valence-corrected chi connectivity index (χ3v) is 4.03. The van der Waals surface area contributed by atoms with Crippen LogP contribution >= 0.6 is 15.9 Å². The van der Waals surface area contributed by atoms with Gasteiger partial charge in [-0.2, -0.15) is 0 Å². The van der Waals surface area contributed by atoms with Gasteiger partial charge in [-0.3, -0.25) is 0 Å². The summed E-state index contributed by atoms with van der Waals surface area (Å²) in [5.74, 6) is -0.218. The first kappa shape index (κ1) is 14.6. The molecule has 4 nitrogen and oxygen atoms in total. The maximum Gasteiger partial charge on any atom is 0.328 e. The summed E-state index contributed by atoms with van der Waals surface area (Å²) in [5, 5.41) is 4.36. The highest BCUT2D eigenvalue weighted by molar-refractivity contribution is 9.10. The van der Waals surface area contributed by atoms with Crippen LogP contribution in [0.3, 0.4) is 0 Å². The Morgan fingerprint density at radius 3 is 2.86 bits per heavy atom. The average Bonchev–Trinajstić information content (AvgIpc) is 2.74. The van der Waals surface area contributed by atoms with E-state index in [1.165, 1.54) is 0 Å². The molecular weight excluding hydrogens is 332 g/mol. The summed E-state index contributed by atoms with van der Waals surface area (Å²) in [6.07, 6.45) is 0.890. The fraction of sp³-hybridized carbons (Fsp3) is 0.438. The molecule has 0 spiro atoms. The van der Waals surface area contributed by atoms with E-state index in [-0.39, 0.29) is 5.97 Å². The summed E-state index contributed by atoms with van der Waals surface area (Å²) in [6, 6.07) is 5.68. The minimum absolute atomic E-state index is 0.218. The molecule has 1 aliphatic rings. The molecule has 2 N–H and O–H groups in total. The molecule has 3 rings (SSSR count). The monoisotopic (exact) mass is 350 g/mol. The van der Waals surface area contributed by atoms with Crippen LogP contribution in [0.4, 0.5) is 0 Å². The zero-order valence-corrected chi connectivity index (χ0v) is 14.0. The molecule has 0 fully saturated rings. The molecule has 1 unspecified atom stereocenters. The van der Waals surface area contributed by atoms with E-state index >= 15 is 0 Å². The van der Waals surface area contributed by atoms with Gasteiger partial charge in [0.1, 0.15) is 11.6 Å². The number of aromatic nitrogens is 1. The molecule has 5 heteroatoms. The number of nitrogens with one attached hydrogen (secondary N) is 2. The van der Waals surface area contributed by atoms with Gasteiger partial charge in [-0.1, -0.05) is 15.9 Å². The lowest BCUT2D eigenvalue weighted by Crippen LogP contribution is -2.38. The maximum absolute atomic E-state index is 12.5. The van der Waals surface area contributed by atoms with E-state index in [0.29, 0.717) is 0 Å². The molecule has 1 aromatic carbocycles. The lowest BCUT2D eigenvalue weighted by Gasteiger charge is -2.27. The smallest absolute Gasteiger partial charge is 0.328 e. The van der Waals surface area contributed by atoms with Crippen LogP contribution in [-0.2, 0) is 16.0 Å². The Morgan fingerprint density at radius 1 is 1.38 bits per heavy atom. The largest absolute Gasteiger partial charge is 0.459 e. The number of carbonyl (C=O) groups is 1. The minimum Gasteiger partial charge on any atom is -0.459 e. The molecule has 2 heterocycles. The van der Waals surface area contributed by atoms with Crippen molar-refractivity contribution in [3.8, 4) is 0 Å². The lowest BCUT2D eigenvalue weighted by atomic mass is 9.97. The summed E-state index contributed by atoms with van der Waals surface area (Å²) in [6.45, 7) is 6.44. The van der Waals surface area contributed by atoms with E-state index in [4.69, 9.17) is 4.74 Å². The van der Waals surface area contributed by atoms with E-state index in [1.54, 1.807) is 0 Å². The quantitative estimate of drug-likeness (QED) is 0.774. The minimum atomic E-state index is -0.483. The topological polar surface area (TPSA) is 54.1 Å². The molecule has 0 aliphatic carbocycles. The van der Waals surface area contributed by atoms with Gasteiger partial charge in [0.2, 0.25) is 0 Å². The number of aromatic amines is 1. The fourth-order valence-electron chi connectivity index (χ4n) is 2.77. The van der Waals surface area contributed by atoms with Crippen LogP contribution in [0.5, 0.6) is 0 Å². The van der Waals surface area contributed by atoms with Gasteiger partial charge >= 0.3 is 5.97 Å². The van der Waals surface area contributed by atoms with Crippen molar-refractivity contribution in [1.82, 2.24) is 10.3 Å². The summed E-state index contributed by atoms with van der Waals surface area (Å²) >= 11 is 3.50. The number of carbonyl (C=O) groups excluding carboxylic acids is 1. The van der Waals surface area contributed by atoms with Crippen LogP contribution in [-0.4, -0.2) is 23.1 Å². The Hall–Kier alpha value is -1.33. The fourth-order valence-corrected chi connectivity index (χ4v) is 3.13. The van der Waals surface area contributed by atoms with Crippen molar-refractivity contribution in [2.45, 2.75) is 38.8 Å². The Labute approximate surface area is 132 Å². The first-order valence-electron chi connectivity index (χ1n) is 7.11. The average molecular weight is 351 g/mol. The molecule has 0 bridgehead atoms. The van der Waals surface area contributed by atoms with Gasteiger partial charge < -0.3 is 15.0 Å². The van der Waals surface area contributed by atoms with Crippen LogP contribution in [0.1, 0.15) is 38.1 Å². The van der Waals surface area contributed by atoms with Gasteiger partial charge in [-0.25, -0.2) is 4.79 Å². The number of esters is 1. The van der Waals surface area contributed by atoms with E-state index in [1.807, 2.05) is 32.9 Å². The number of benzene rings is 1. The summed E-state index contributed by atoms with van der Waals surface area (Å²) in [7, 11) is 0. The molecule has 1 aliphatic heterocycles. The van der Waals surface area contributed by atoms with Gasteiger partial charge in [-0.15, -0.1) is 0 Å². The van der Waals surface area contributed by atoms with Crippen molar-refractivity contribution >= 4 is 32.8 Å². The van der Waals surface area contributed by atoms with Crippen molar-refractivity contribution in [2.75, 3.05) is 6.54 Å². The second-order valence-corrected chi connectivity index (χ2v) is 7.29. The van der Waals surface area contributed by atoms with E-state index in [9.17, 15) is 4.79 Å². The maximum atomic E-state index is 12.5. The number of rotatable bonds is 1. The summed E-state index contributed by atoms with van der Waals surface area (Å²) < 4.78 is 6.56. The number of hydrogen-bond acceptors (Lipinski definition) is 3. The number of halogens is 1. The zero-order chi connectivity index (χ0) is 15.2. The molecule has 1 atom stereocenters. The SMILES string of the molecule is CC(C)(C)OC(=O)C1NCCc2[nH]c3ccc(Br)cc3c21. The van der Waals surface area contributed by atoms with Crippen LogP contribution in [0.25, 0.3) is 10.9 Å². The van der Waals surface area contributed by atoms with E-state index in [0.717, 1.165) is 39.6 Å². The van der Waals surface area contributed by atoms with Crippen LogP contribution in [0, 0.1) is 0 Å². The Balaban J connectivity index is 2.06. The Morgan fingerprint density at radius 2 is 2.14 bits per heavy atom. The molecular formula is C16H19BrN2O2. The molecule has 21 heavy (non-hydrogen) atoms. The number of ether oxygens (including phenoxy) is 1. The van der Waals surface area contributed by atoms with Gasteiger partial charge in [0, 0.05) is 39.6 Å². The first-order valence-corrected chi connectivity index (χ1v) is 7.91. The Kier molecular flexibility index (Phi) is 3.58. The highest BCUT2D eigenvalue weighted by Crippen LogP contribution is 2.34. The second kappa shape index (κ2) is 5.14. The van der Waals surface area contributed by atoms with Crippen molar-refractivity contribution in [2.24, 2.45) is 0 Å². The van der Waals surface area contributed by atoms with Crippen LogP contribution in [0.15, 0.2) is 22.7 Å². The molecule has 0 saturated heterocycles. The third kappa shape index (κ3) is 2.85.